The Morgan fingerprint density at radius 2 is 2.11 bits per heavy atom. The number of hydrogen-bond donors (Lipinski definition) is 1. The van der Waals surface area contributed by atoms with Crippen LogP contribution in [0.15, 0.2) is 24.3 Å². The molecule has 0 amide bonds. The van der Waals surface area contributed by atoms with Crippen molar-refractivity contribution >= 4 is 0 Å². The Balaban J connectivity index is 1.72. The van der Waals surface area contributed by atoms with Gasteiger partial charge in [0.25, 0.3) is 0 Å². The molecule has 1 aliphatic rings. The summed E-state index contributed by atoms with van der Waals surface area (Å²) in [6, 6.07) is 8.07. The summed E-state index contributed by atoms with van der Waals surface area (Å²) in [6.45, 7) is 3.89. The lowest BCUT2D eigenvalue weighted by molar-refractivity contribution is -0.0574. The number of benzene rings is 1. The van der Waals surface area contributed by atoms with Crippen molar-refractivity contribution < 1.29 is 14.6 Å². The largest absolute Gasteiger partial charge is 0.386 e. The van der Waals surface area contributed by atoms with Crippen LogP contribution in [0.25, 0.3) is 0 Å². The highest BCUT2D eigenvalue weighted by atomic mass is 16.5. The Hall–Kier alpha value is -0.900. The van der Waals surface area contributed by atoms with Crippen molar-refractivity contribution in [3.05, 3.63) is 35.4 Å². The minimum atomic E-state index is -0.547. The van der Waals surface area contributed by atoms with Crippen LogP contribution in [-0.4, -0.2) is 31.0 Å². The molecule has 0 bridgehead atoms. The average Bonchev–Trinajstić information content (AvgIpc) is 2.48. The van der Waals surface area contributed by atoms with E-state index in [9.17, 15) is 5.11 Å². The highest BCUT2D eigenvalue weighted by Crippen LogP contribution is 2.16. The Bertz CT molecular complexity index is 355. The molecule has 1 fully saturated rings. The van der Waals surface area contributed by atoms with Gasteiger partial charge in [0, 0.05) is 6.61 Å². The van der Waals surface area contributed by atoms with Gasteiger partial charge in [-0.1, -0.05) is 31.2 Å². The maximum absolute atomic E-state index is 10.0. The maximum Gasteiger partial charge on any atom is 0.102 e. The zero-order valence-electron chi connectivity index (χ0n) is 11.7. The smallest absolute Gasteiger partial charge is 0.102 e. The average molecular weight is 264 g/mol. The van der Waals surface area contributed by atoms with Gasteiger partial charge in [-0.25, -0.2) is 0 Å². The van der Waals surface area contributed by atoms with Crippen molar-refractivity contribution in [1.29, 1.82) is 0 Å². The van der Waals surface area contributed by atoms with Crippen molar-refractivity contribution in [2.75, 3.05) is 19.8 Å². The predicted octanol–water partition coefficient (Wildman–Crippen LogP) is 2.87. The molecule has 0 saturated carbocycles. The molecule has 1 saturated heterocycles. The fourth-order valence-corrected chi connectivity index (χ4v) is 2.32. The van der Waals surface area contributed by atoms with Crippen LogP contribution in [0.5, 0.6) is 0 Å². The first-order chi connectivity index (χ1) is 9.29. The molecule has 2 atom stereocenters. The van der Waals surface area contributed by atoms with E-state index in [1.807, 2.05) is 12.1 Å². The Morgan fingerprint density at radius 1 is 1.32 bits per heavy atom. The van der Waals surface area contributed by atoms with Crippen molar-refractivity contribution in [2.45, 2.75) is 44.8 Å². The summed E-state index contributed by atoms with van der Waals surface area (Å²) in [6.07, 6.45) is 4.13. The van der Waals surface area contributed by atoms with Crippen LogP contribution in [-0.2, 0) is 15.9 Å². The minimum absolute atomic E-state index is 0.211. The summed E-state index contributed by atoms with van der Waals surface area (Å²) in [5.41, 5.74) is 2.20. The molecule has 106 valence electrons. The first-order valence-electron chi connectivity index (χ1n) is 7.26. The van der Waals surface area contributed by atoms with Crippen molar-refractivity contribution in [3.8, 4) is 0 Å². The van der Waals surface area contributed by atoms with E-state index in [1.54, 1.807) is 0 Å². The van der Waals surface area contributed by atoms with Gasteiger partial charge >= 0.3 is 0 Å². The van der Waals surface area contributed by atoms with Crippen LogP contribution in [0, 0.1) is 0 Å². The Labute approximate surface area is 115 Å². The third kappa shape index (κ3) is 4.60. The molecule has 1 aromatic rings. The van der Waals surface area contributed by atoms with E-state index in [0.29, 0.717) is 13.2 Å². The van der Waals surface area contributed by atoms with Crippen LogP contribution < -0.4 is 0 Å². The summed E-state index contributed by atoms with van der Waals surface area (Å²) in [4.78, 5) is 0. The summed E-state index contributed by atoms with van der Waals surface area (Å²) in [5, 5.41) is 10.0. The molecule has 3 nitrogen and oxygen atoms in total. The molecule has 1 N–H and O–H groups in total. The number of rotatable bonds is 6. The normalized spacial score (nSPS) is 21.3. The van der Waals surface area contributed by atoms with Crippen LogP contribution in [0.2, 0.25) is 0 Å². The van der Waals surface area contributed by atoms with Gasteiger partial charge < -0.3 is 14.6 Å². The minimum Gasteiger partial charge on any atom is -0.386 e. The first kappa shape index (κ1) is 14.5. The molecule has 3 heteroatoms. The number of hydrogen-bond acceptors (Lipinski definition) is 3. The zero-order valence-corrected chi connectivity index (χ0v) is 11.7. The molecular formula is C16H24O3. The topological polar surface area (TPSA) is 38.7 Å². The predicted molar refractivity (Wildman–Crippen MR) is 75.2 cm³/mol. The second kappa shape index (κ2) is 7.63. The summed E-state index contributed by atoms with van der Waals surface area (Å²) in [5.74, 6) is 0. The molecule has 2 unspecified atom stereocenters. The molecule has 0 aliphatic carbocycles. The maximum atomic E-state index is 10.0. The molecule has 2 rings (SSSR count). The van der Waals surface area contributed by atoms with Gasteiger partial charge in [-0.05, 0) is 36.8 Å². The summed E-state index contributed by atoms with van der Waals surface area (Å²) >= 11 is 0. The van der Waals surface area contributed by atoms with Crippen LogP contribution >= 0.6 is 0 Å². The van der Waals surface area contributed by atoms with E-state index in [0.717, 1.165) is 31.4 Å². The van der Waals surface area contributed by atoms with Crippen molar-refractivity contribution in [3.63, 3.8) is 0 Å². The highest BCUT2D eigenvalue weighted by molar-refractivity contribution is 5.24. The second-order valence-electron chi connectivity index (χ2n) is 5.14. The summed E-state index contributed by atoms with van der Waals surface area (Å²) < 4.78 is 11.2. The van der Waals surface area contributed by atoms with Gasteiger partial charge in [-0.15, -0.1) is 0 Å². The Kier molecular flexibility index (Phi) is 5.83. The van der Waals surface area contributed by atoms with Crippen LogP contribution in [0.1, 0.15) is 43.4 Å². The highest BCUT2D eigenvalue weighted by Gasteiger charge is 2.15. The van der Waals surface area contributed by atoms with E-state index in [2.05, 4.69) is 19.1 Å². The molecule has 0 aromatic heterocycles. The third-order valence-electron chi connectivity index (χ3n) is 3.63. The number of ether oxygens (including phenoxy) is 2. The molecule has 1 aliphatic heterocycles. The van der Waals surface area contributed by atoms with E-state index < -0.39 is 6.10 Å². The van der Waals surface area contributed by atoms with Crippen LogP contribution in [0.3, 0.4) is 0 Å². The van der Waals surface area contributed by atoms with Gasteiger partial charge in [-0.2, -0.15) is 0 Å². The zero-order chi connectivity index (χ0) is 13.5. The monoisotopic (exact) mass is 264 g/mol. The lowest BCUT2D eigenvalue weighted by Crippen LogP contribution is -2.25. The number of aliphatic hydroxyl groups is 1. The van der Waals surface area contributed by atoms with Gasteiger partial charge in [0.15, 0.2) is 0 Å². The van der Waals surface area contributed by atoms with Gasteiger partial charge in [-0.3, -0.25) is 0 Å². The molecule has 0 radical (unpaired) electrons. The lowest BCUT2D eigenvalue weighted by Gasteiger charge is -2.23. The standard InChI is InChI=1S/C16H24O3/c1-2-13-6-8-14(9-7-13)16(17)12-18-11-15-5-3-4-10-19-15/h6-9,15-17H,2-5,10-12H2,1H3. The van der Waals surface area contributed by atoms with Crippen molar-refractivity contribution in [2.24, 2.45) is 0 Å². The third-order valence-corrected chi connectivity index (χ3v) is 3.63. The molecule has 19 heavy (non-hydrogen) atoms. The van der Waals surface area contributed by atoms with Crippen molar-refractivity contribution in [1.82, 2.24) is 0 Å². The van der Waals surface area contributed by atoms with E-state index >= 15 is 0 Å². The van der Waals surface area contributed by atoms with E-state index in [-0.39, 0.29) is 6.10 Å². The SMILES string of the molecule is CCc1ccc(C(O)COCC2CCCCO2)cc1. The van der Waals surface area contributed by atoms with Gasteiger partial charge in [0.05, 0.1) is 19.3 Å². The van der Waals surface area contributed by atoms with Gasteiger partial charge in [0.2, 0.25) is 0 Å². The fourth-order valence-electron chi connectivity index (χ4n) is 2.32. The molecular weight excluding hydrogens is 240 g/mol. The molecule has 0 spiro atoms. The van der Waals surface area contributed by atoms with Gasteiger partial charge in [0.1, 0.15) is 6.10 Å². The van der Waals surface area contributed by atoms with E-state index in [4.69, 9.17) is 9.47 Å². The lowest BCUT2D eigenvalue weighted by atomic mass is 10.1. The molecule has 1 heterocycles. The fraction of sp³-hybridized carbons (Fsp3) is 0.625. The molecule has 1 aromatic carbocycles. The van der Waals surface area contributed by atoms with E-state index in [1.165, 1.54) is 12.0 Å². The summed E-state index contributed by atoms with van der Waals surface area (Å²) in [7, 11) is 0. The second-order valence-corrected chi connectivity index (χ2v) is 5.14. The quantitative estimate of drug-likeness (QED) is 0.858. The first-order valence-corrected chi connectivity index (χ1v) is 7.26. The Morgan fingerprint density at radius 3 is 2.74 bits per heavy atom. The number of aliphatic hydroxyl groups excluding tert-OH is 1. The van der Waals surface area contributed by atoms with Crippen LogP contribution in [0.4, 0.5) is 0 Å². The number of aryl methyl sites for hydroxylation is 1.